The van der Waals surface area contributed by atoms with Crippen molar-refractivity contribution in [1.29, 1.82) is 0 Å². The fourth-order valence-electron chi connectivity index (χ4n) is 6.94. The van der Waals surface area contributed by atoms with Crippen LogP contribution in [0, 0.1) is 10.8 Å². The second kappa shape index (κ2) is 7.66. The van der Waals surface area contributed by atoms with E-state index in [0.717, 1.165) is 36.8 Å². The zero-order valence-corrected chi connectivity index (χ0v) is 19.7. The van der Waals surface area contributed by atoms with Crippen LogP contribution in [0.2, 0.25) is 0 Å². The van der Waals surface area contributed by atoms with Gasteiger partial charge < -0.3 is 9.47 Å². The molecule has 0 N–H and O–H groups in total. The molecular weight excluding hydrogens is 448 g/mol. The molecule has 5 aliphatic rings. The minimum Gasteiger partial charge on any atom is -0.423 e. The van der Waals surface area contributed by atoms with Crippen molar-refractivity contribution >= 4 is 11.9 Å². The third kappa shape index (κ3) is 2.70. The Hall–Kier alpha value is -4.18. The van der Waals surface area contributed by atoms with Gasteiger partial charge in [0.25, 0.3) is 0 Å². The predicted molar refractivity (Wildman–Crippen MR) is 136 cm³/mol. The Morgan fingerprint density at radius 2 is 1.00 bits per heavy atom. The van der Waals surface area contributed by atoms with E-state index in [1.165, 1.54) is 11.1 Å². The summed E-state index contributed by atoms with van der Waals surface area (Å²) in [6, 6.07) is 18.2. The van der Waals surface area contributed by atoms with E-state index in [0.29, 0.717) is 22.6 Å². The highest BCUT2D eigenvalue weighted by molar-refractivity contribution is 5.91. The molecule has 0 heterocycles. The minimum atomic E-state index is -0.348. The van der Waals surface area contributed by atoms with E-state index < -0.39 is 0 Å². The largest absolute Gasteiger partial charge is 0.423 e. The van der Waals surface area contributed by atoms with Crippen LogP contribution in [0.3, 0.4) is 0 Å². The van der Waals surface area contributed by atoms with Crippen molar-refractivity contribution < 1.29 is 19.1 Å². The number of hydrogen-bond acceptors (Lipinski definition) is 4. The van der Waals surface area contributed by atoms with Gasteiger partial charge in [-0.25, -0.2) is 9.59 Å². The molecule has 36 heavy (non-hydrogen) atoms. The Morgan fingerprint density at radius 3 is 1.42 bits per heavy atom. The molecule has 1 fully saturated rings. The highest BCUT2D eigenvalue weighted by Gasteiger charge is 2.65. The third-order valence-corrected chi connectivity index (χ3v) is 8.37. The van der Waals surface area contributed by atoms with Gasteiger partial charge in [-0.3, -0.25) is 0 Å². The van der Waals surface area contributed by atoms with E-state index in [9.17, 15) is 9.59 Å². The first-order valence-corrected chi connectivity index (χ1v) is 12.5. The van der Waals surface area contributed by atoms with Crippen LogP contribution >= 0.6 is 0 Å². The lowest BCUT2D eigenvalue weighted by molar-refractivity contribution is 0.0611. The Labute approximate surface area is 209 Å². The maximum atomic E-state index is 12.9. The maximum absolute atomic E-state index is 12.9. The monoisotopic (exact) mass is 472 g/mol. The first-order valence-electron chi connectivity index (χ1n) is 12.5. The fourth-order valence-corrected chi connectivity index (χ4v) is 6.94. The maximum Gasteiger partial charge on any atom is 0.343 e. The molecule has 7 rings (SSSR count). The lowest BCUT2D eigenvalue weighted by Gasteiger charge is -2.51. The Balaban J connectivity index is 1.28. The summed E-state index contributed by atoms with van der Waals surface area (Å²) in [5, 5.41) is 0. The number of ether oxygens (including phenoxy) is 2. The van der Waals surface area contributed by atoms with E-state index >= 15 is 0 Å². The van der Waals surface area contributed by atoms with Crippen molar-refractivity contribution in [3.63, 3.8) is 0 Å². The summed E-state index contributed by atoms with van der Waals surface area (Å²) in [6.07, 6.45) is 16.7. The molecule has 2 aromatic carbocycles. The first kappa shape index (κ1) is 21.1. The van der Waals surface area contributed by atoms with Crippen LogP contribution in [0.5, 0.6) is 0 Å². The summed E-state index contributed by atoms with van der Waals surface area (Å²) >= 11 is 0. The summed E-state index contributed by atoms with van der Waals surface area (Å²) in [5.74, 6) is 0.578. The van der Waals surface area contributed by atoms with Gasteiger partial charge in [0.1, 0.15) is 11.5 Å². The molecule has 2 unspecified atom stereocenters. The number of esters is 2. The molecule has 0 saturated heterocycles. The highest BCUT2D eigenvalue weighted by atomic mass is 16.5. The number of benzene rings is 2. The average Bonchev–Trinajstić information content (AvgIpc) is 3.62. The molecule has 0 aliphatic heterocycles. The predicted octanol–water partition coefficient (Wildman–Crippen LogP) is 6.78. The number of rotatable bonds is 4. The second-order valence-electron chi connectivity index (χ2n) is 9.95. The molecule has 2 atom stereocenters. The highest BCUT2D eigenvalue weighted by Crippen LogP contribution is 2.74. The van der Waals surface area contributed by atoms with Crippen LogP contribution in [0.25, 0.3) is 0 Å². The number of carbonyl (C=O) groups is 2. The van der Waals surface area contributed by atoms with Crippen molar-refractivity contribution in [3.8, 4) is 0 Å². The number of hydrogen-bond donors (Lipinski definition) is 0. The van der Waals surface area contributed by atoms with Crippen molar-refractivity contribution in [2.24, 2.45) is 10.8 Å². The average molecular weight is 473 g/mol. The van der Waals surface area contributed by atoms with Crippen molar-refractivity contribution in [3.05, 3.63) is 142 Å². The topological polar surface area (TPSA) is 52.6 Å². The molecule has 2 aromatic rings. The molecule has 4 heteroatoms. The standard InChI is InChI=1S/C32H24O4/c33-29(21-9-3-1-4-10-21)35-27-19-23-13-15-25(27)31(23)17-7-8-18-32(31)24-14-16-26(32)28(20-24)36-30(34)22-11-5-2-6-12-22/h1-6,9-16,19-20H,7-8,17-18H2. The minimum absolute atomic E-state index is 0.316. The normalized spacial score (nSPS) is 26.8. The van der Waals surface area contributed by atoms with Gasteiger partial charge in [-0.05, 0) is 60.4 Å². The zero-order valence-electron chi connectivity index (χ0n) is 19.7. The molecule has 4 bridgehead atoms. The van der Waals surface area contributed by atoms with Crippen LogP contribution in [0.1, 0.15) is 46.4 Å². The van der Waals surface area contributed by atoms with Gasteiger partial charge in [0.2, 0.25) is 0 Å². The van der Waals surface area contributed by atoms with E-state index in [1.807, 2.05) is 48.6 Å². The molecule has 5 aliphatic carbocycles. The smallest absolute Gasteiger partial charge is 0.343 e. The molecule has 0 amide bonds. The van der Waals surface area contributed by atoms with E-state index in [2.05, 4.69) is 24.3 Å². The lowest BCUT2D eigenvalue weighted by Crippen LogP contribution is -2.44. The van der Waals surface area contributed by atoms with E-state index in [4.69, 9.17) is 9.47 Å². The van der Waals surface area contributed by atoms with E-state index in [-0.39, 0.29) is 22.8 Å². The summed E-state index contributed by atoms with van der Waals surface area (Å²) in [7, 11) is 0. The quantitative estimate of drug-likeness (QED) is 0.461. The first-order chi connectivity index (χ1) is 17.6. The Kier molecular flexibility index (Phi) is 4.50. The zero-order chi connectivity index (χ0) is 24.3. The molecule has 4 nitrogen and oxygen atoms in total. The van der Waals surface area contributed by atoms with Gasteiger partial charge in [0.15, 0.2) is 0 Å². The Morgan fingerprint density at radius 1 is 0.583 bits per heavy atom. The molecule has 1 saturated carbocycles. The van der Waals surface area contributed by atoms with Gasteiger partial charge in [-0.1, -0.05) is 73.5 Å². The van der Waals surface area contributed by atoms with Crippen LogP contribution in [0.4, 0.5) is 0 Å². The van der Waals surface area contributed by atoms with Gasteiger partial charge in [-0.15, -0.1) is 0 Å². The summed E-state index contributed by atoms with van der Waals surface area (Å²) in [4.78, 5) is 25.8. The van der Waals surface area contributed by atoms with Gasteiger partial charge in [0.05, 0.1) is 11.1 Å². The second-order valence-corrected chi connectivity index (χ2v) is 9.95. The summed E-state index contributed by atoms with van der Waals surface area (Å²) in [6.45, 7) is 0. The van der Waals surface area contributed by atoms with Crippen LogP contribution in [0.15, 0.2) is 131 Å². The molecule has 0 radical (unpaired) electrons. The van der Waals surface area contributed by atoms with E-state index in [1.54, 1.807) is 24.3 Å². The van der Waals surface area contributed by atoms with Crippen molar-refractivity contribution in [2.75, 3.05) is 0 Å². The Bertz CT molecular complexity index is 1380. The molecule has 0 aromatic heterocycles. The molecule has 2 spiro atoms. The van der Waals surface area contributed by atoms with Gasteiger partial charge >= 0.3 is 11.9 Å². The number of allylic oxidation sites excluding steroid dienone is 10. The fraction of sp³-hybridized carbons (Fsp3) is 0.188. The van der Waals surface area contributed by atoms with Crippen LogP contribution in [-0.2, 0) is 9.47 Å². The SMILES string of the molecule is O=C(OC1=C2C=CC(=C1)C21CCCCC12C1=CC(OC(=O)c3ccccc3)=C2C=C1)c1ccccc1. The molecular formula is C32H24O4. The van der Waals surface area contributed by atoms with Crippen LogP contribution in [-0.4, -0.2) is 11.9 Å². The summed E-state index contributed by atoms with van der Waals surface area (Å²) < 4.78 is 11.9. The van der Waals surface area contributed by atoms with Gasteiger partial charge in [-0.2, -0.15) is 0 Å². The van der Waals surface area contributed by atoms with Crippen molar-refractivity contribution in [1.82, 2.24) is 0 Å². The van der Waals surface area contributed by atoms with Gasteiger partial charge in [0, 0.05) is 22.0 Å². The van der Waals surface area contributed by atoms with Crippen molar-refractivity contribution in [2.45, 2.75) is 25.7 Å². The number of carbonyl (C=O) groups excluding carboxylic acids is 2. The van der Waals surface area contributed by atoms with Crippen LogP contribution < -0.4 is 0 Å². The molecule has 176 valence electrons. The summed E-state index contributed by atoms with van der Waals surface area (Å²) in [5.41, 5.74) is 4.91. The lowest BCUT2D eigenvalue weighted by atomic mass is 9.50. The third-order valence-electron chi connectivity index (χ3n) is 8.37.